The van der Waals surface area contributed by atoms with E-state index in [0.29, 0.717) is 10.3 Å². The van der Waals surface area contributed by atoms with Gasteiger partial charge in [0.25, 0.3) is 5.56 Å². The van der Waals surface area contributed by atoms with Gasteiger partial charge in [-0.1, -0.05) is 0 Å². The maximum atomic E-state index is 11.7. The number of aromatic amines is 1. The molecule has 0 amide bonds. The SMILES string of the molecule is Cn1ncnc1Cn1c(=O)[nH]cc(Br)c1=O. The second kappa shape index (κ2) is 4.05. The maximum absolute atomic E-state index is 11.7. The standard InChI is InChI=1S/C8H8BrN5O2/c1-13-6(11-4-12-13)3-14-7(15)5(9)2-10-8(14)16/h2,4H,3H2,1H3,(H,10,16). The molecule has 2 heterocycles. The fourth-order valence-corrected chi connectivity index (χ4v) is 1.56. The molecule has 84 valence electrons. The molecule has 2 aromatic rings. The summed E-state index contributed by atoms with van der Waals surface area (Å²) in [7, 11) is 1.69. The molecule has 7 nitrogen and oxygen atoms in total. The van der Waals surface area contributed by atoms with E-state index in [4.69, 9.17) is 0 Å². The van der Waals surface area contributed by atoms with Crippen molar-refractivity contribution >= 4 is 15.9 Å². The number of hydrogen-bond acceptors (Lipinski definition) is 4. The van der Waals surface area contributed by atoms with Crippen molar-refractivity contribution in [3.63, 3.8) is 0 Å². The van der Waals surface area contributed by atoms with Crippen molar-refractivity contribution in [1.29, 1.82) is 0 Å². The summed E-state index contributed by atoms with van der Waals surface area (Å²) in [6.45, 7) is 0.0874. The van der Waals surface area contributed by atoms with Crippen LogP contribution in [0.5, 0.6) is 0 Å². The Balaban J connectivity index is 2.51. The van der Waals surface area contributed by atoms with Crippen LogP contribution in [0.3, 0.4) is 0 Å². The van der Waals surface area contributed by atoms with Crippen LogP contribution < -0.4 is 11.2 Å². The second-order valence-corrected chi connectivity index (χ2v) is 3.99. The van der Waals surface area contributed by atoms with E-state index in [-0.39, 0.29) is 6.54 Å². The van der Waals surface area contributed by atoms with Crippen LogP contribution in [0.1, 0.15) is 5.82 Å². The minimum atomic E-state index is -0.476. The highest BCUT2D eigenvalue weighted by molar-refractivity contribution is 9.10. The van der Waals surface area contributed by atoms with Crippen LogP contribution >= 0.6 is 15.9 Å². The molecule has 0 aliphatic rings. The van der Waals surface area contributed by atoms with Gasteiger partial charge >= 0.3 is 5.69 Å². The lowest BCUT2D eigenvalue weighted by Crippen LogP contribution is -2.36. The number of nitrogens with zero attached hydrogens (tertiary/aromatic N) is 4. The van der Waals surface area contributed by atoms with Gasteiger partial charge in [-0.3, -0.25) is 14.0 Å². The Labute approximate surface area is 97.9 Å². The Kier molecular flexibility index (Phi) is 2.73. The first-order valence-electron chi connectivity index (χ1n) is 4.40. The van der Waals surface area contributed by atoms with E-state index in [1.165, 1.54) is 17.2 Å². The van der Waals surface area contributed by atoms with E-state index < -0.39 is 11.2 Å². The van der Waals surface area contributed by atoms with Crippen molar-refractivity contribution in [2.24, 2.45) is 7.05 Å². The molecule has 0 saturated carbocycles. The van der Waals surface area contributed by atoms with E-state index >= 15 is 0 Å². The Hall–Kier alpha value is -1.70. The Morgan fingerprint density at radius 1 is 1.50 bits per heavy atom. The number of halogens is 1. The summed E-state index contributed by atoms with van der Waals surface area (Å²) in [5.41, 5.74) is -0.872. The fraction of sp³-hybridized carbons (Fsp3) is 0.250. The van der Waals surface area contributed by atoms with Crippen LogP contribution in [-0.4, -0.2) is 24.3 Å². The van der Waals surface area contributed by atoms with Gasteiger partial charge in [-0.2, -0.15) is 5.10 Å². The predicted molar refractivity (Wildman–Crippen MR) is 59.1 cm³/mol. The number of rotatable bonds is 2. The Morgan fingerprint density at radius 3 is 2.88 bits per heavy atom. The minimum absolute atomic E-state index is 0.0874. The third kappa shape index (κ3) is 1.83. The van der Waals surface area contributed by atoms with Gasteiger partial charge < -0.3 is 4.98 Å². The number of nitrogens with one attached hydrogen (secondary N) is 1. The molecule has 0 aliphatic heterocycles. The molecule has 16 heavy (non-hydrogen) atoms. The summed E-state index contributed by atoms with van der Waals surface area (Å²) in [5.74, 6) is 0.533. The van der Waals surface area contributed by atoms with Crippen LogP contribution in [0.25, 0.3) is 0 Å². The number of aromatic nitrogens is 5. The van der Waals surface area contributed by atoms with E-state index in [0.717, 1.165) is 4.57 Å². The first-order valence-corrected chi connectivity index (χ1v) is 5.20. The van der Waals surface area contributed by atoms with Gasteiger partial charge in [0.05, 0.1) is 11.0 Å². The molecule has 0 bridgehead atoms. The zero-order valence-corrected chi connectivity index (χ0v) is 9.93. The first kappa shape index (κ1) is 10.8. The summed E-state index contributed by atoms with van der Waals surface area (Å²) in [6.07, 6.45) is 2.68. The lowest BCUT2D eigenvalue weighted by molar-refractivity contribution is 0.614. The van der Waals surface area contributed by atoms with Crippen molar-refractivity contribution in [1.82, 2.24) is 24.3 Å². The molecule has 0 unspecified atom stereocenters. The lowest BCUT2D eigenvalue weighted by Gasteiger charge is -2.03. The fourth-order valence-electron chi connectivity index (χ4n) is 1.23. The van der Waals surface area contributed by atoms with E-state index in [1.54, 1.807) is 7.05 Å². The Bertz CT molecular complexity index is 626. The molecule has 1 N–H and O–H groups in total. The number of hydrogen-bond donors (Lipinski definition) is 1. The smallest absolute Gasteiger partial charge is 0.313 e. The topological polar surface area (TPSA) is 85.6 Å². The molecular formula is C8H8BrN5O2. The molecule has 2 rings (SSSR count). The number of aryl methyl sites for hydroxylation is 1. The quantitative estimate of drug-likeness (QED) is 0.804. The van der Waals surface area contributed by atoms with Gasteiger partial charge in [0.15, 0.2) is 0 Å². The van der Waals surface area contributed by atoms with Crippen molar-refractivity contribution in [2.75, 3.05) is 0 Å². The van der Waals surface area contributed by atoms with E-state index in [2.05, 4.69) is 31.0 Å². The van der Waals surface area contributed by atoms with Gasteiger partial charge in [0, 0.05) is 13.2 Å². The van der Waals surface area contributed by atoms with Crippen LogP contribution in [-0.2, 0) is 13.6 Å². The molecule has 0 aliphatic carbocycles. The molecule has 8 heteroatoms. The average Bonchev–Trinajstić information content (AvgIpc) is 2.65. The van der Waals surface area contributed by atoms with Crippen LogP contribution in [0.15, 0.2) is 26.6 Å². The molecule has 0 spiro atoms. The summed E-state index contributed by atoms with van der Waals surface area (Å²) in [5, 5.41) is 3.86. The summed E-state index contributed by atoms with van der Waals surface area (Å²) in [6, 6.07) is 0. The zero-order valence-electron chi connectivity index (χ0n) is 8.35. The van der Waals surface area contributed by atoms with Gasteiger partial charge in [-0.05, 0) is 15.9 Å². The maximum Gasteiger partial charge on any atom is 0.328 e. The minimum Gasteiger partial charge on any atom is -0.313 e. The van der Waals surface area contributed by atoms with Gasteiger partial charge in [-0.15, -0.1) is 0 Å². The molecule has 0 atom stereocenters. The third-order valence-electron chi connectivity index (χ3n) is 2.12. The molecular weight excluding hydrogens is 278 g/mol. The lowest BCUT2D eigenvalue weighted by atomic mass is 10.5. The molecule has 0 fully saturated rings. The van der Waals surface area contributed by atoms with Crippen molar-refractivity contribution < 1.29 is 0 Å². The van der Waals surface area contributed by atoms with Crippen molar-refractivity contribution in [2.45, 2.75) is 6.54 Å². The molecule has 0 aromatic carbocycles. The van der Waals surface area contributed by atoms with Gasteiger partial charge in [0.1, 0.15) is 12.2 Å². The highest BCUT2D eigenvalue weighted by Crippen LogP contribution is 1.98. The third-order valence-corrected chi connectivity index (χ3v) is 2.69. The van der Waals surface area contributed by atoms with Crippen LogP contribution in [0.4, 0.5) is 0 Å². The van der Waals surface area contributed by atoms with E-state index in [9.17, 15) is 9.59 Å². The molecule has 0 radical (unpaired) electrons. The normalized spacial score (nSPS) is 10.6. The van der Waals surface area contributed by atoms with Crippen LogP contribution in [0.2, 0.25) is 0 Å². The average molecular weight is 286 g/mol. The molecule has 0 saturated heterocycles. The van der Waals surface area contributed by atoms with Gasteiger partial charge in [-0.25, -0.2) is 9.78 Å². The van der Waals surface area contributed by atoms with Crippen molar-refractivity contribution in [3.05, 3.63) is 43.7 Å². The Morgan fingerprint density at radius 2 is 2.25 bits per heavy atom. The summed E-state index contributed by atoms with van der Waals surface area (Å²) >= 11 is 3.06. The van der Waals surface area contributed by atoms with E-state index in [1.807, 2.05) is 0 Å². The largest absolute Gasteiger partial charge is 0.328 e. The first-order chi connectivity index (χ1) is 7.59. The summed E-state index contributed by atoms with van der Waals surface area (Å²) in [4.78, 5) is 29.5. The van der Waals surface area contributed by atoms with Gasteiger partial charge in [0.2, 0.25) is 0 Å². The van der Waals surface area contributed by atoms with Crippen molar-refractivity contribution in [3.8, 4) is 0 Å². The summed E-state index contributed by atoms with van der Waals surface area (Å²) < 4.78 is 2.86. The second-order valence-electron chi connectivity index (χ2n) is 3.13. The number of H-pyrrole nitrogens is 1. The monoisotopic (exact) mass is 285 g/mol. The molecule has 2 aromatic heterocycles. The predicted octanol–water partition coefficient (Wildman–Crippen LogP) is -0.524. The highest BCUT2D eigenvalue weighted by Gasteiger charge is 2.08. The highest BCUT2D eigenvalue weighted by atomic mass is 79.9. The van der Waals surface area contributed by atoms with Crippen LogP contribution in [0, 0.1) is 0 Å². The zero-order chi connectivity index (χ0) is 11.7.